The number of rotatable bonds is 7. The smallest absolute Gasteiger partial charge is 0.253 e. The summed E-state index contributed by atoms with van der Waals surface area (Å²) < 4.78 is 11.4. The molecule has 0 saturated heterocycles. The van der Waals surface area contributed by atoms with Crippen LogP contribution in [0.3, 0.4) is 0 Å². The van der Waals surface area contributed by atoms with Gasteiger partial charge in [-0.3, -0.25) is 4.79 Å². The summed E-state index contributed by atoms with van der Waals surface area (Å²) in [5.41, 5.74) is 1.33. The molecule has 0 aliphatic carbocycles. The molecular formula is C16H20BrN3O3. The molecule has 1 N–H and O–H groups in total. The normalized spacial score (nSPS) is 10.6. The molecule has 6 nitrogen and oxygen atoms in total. The van der Waals surface area contributed by atoms with Crippen molar-refractivity contribution < 1.29 is 14.1 Å². The Hall–Kier alpha value is -1.86. The highest BCUT2D eigenvalue weighted by Gasteiger charge is 2.13. The summed E-state index contributed by atoms with van der Waals surface area (Å²) in [6.07, 6.45) is 0. The first-order valence-corrected chi connectivity index (χ1v) is 8.05. The van der Waals surface area contributed by atoms with Crippen molar-refractivity contribution in [2.45, 2.75) is 13.5 Å². The van der Waals surface area contributed by atoms with Crippen LogP contribution in [0, 0.1) is 6.92 Å². The molecular weight excluding hydrogens is 362 g/mol. The van der Waals surface area contributed by atoms with Crippen LogP contribution in [0.5, 0.6) is 5.75 Å². The van der Waals surface area contributed by atoms with E-state index in [9.17, 15) is 4.79 Å². The minimum absolute atomic E-state index is 0.0281. The van der Waals surface area contributed by atoms with Gasteiger partial charge in [0.1, 0.15) is 23.8 Å². The van der Waals surface area contributed by atoms with Gasteiger partial charge < -0.3 is 19.5 Å². The summed E-state index contributed by atoms with van der Waals surface area (Å²) in [6.45, 7) is 3.54. The van der Waals surface area contributed by atoms with E-state index in [4.69, 9.17) is 9.26 Å². The van der Waals surface area contributed by atoms with Gasteiger partial charge in [-0.15, -0.1) is 0 Å². The highest BCUT2D eigenvalue weighted by atomic mass is 79.9. The number of carbonyl (C=O) groups excluding carboxylic acids is 1. The number of likely N-dealkylation sites (N-methyl/N-ethyl adjacent to an activating group) is 2. The quantitative estimate of drug-likeness (QED) is 0.798. The first-order valence-electron chi connectivity index (χ1n) is 7.26. The number of halogens is 1. The third kappa shape index (κ3) is 4.80. The van der Waals surface area contributed by atoms with Crippen molar-refractivity contribution in [2.75, 3.05) is 27.2 Å². The monoisotopic (exact) mass is 381 g/mol. The average Bonchev–Trinajstić information content (AvgIpc) is 2.96. The topological polar surface area (TPSA) is 67.6 Å². The van der Waals surface area contributed by atoms with E-state index < -0.39 is 0 Å². The van der Waals surface area contributed by atoms with Crippen LogP contribution in [0.2, 0.25) is 0 Å². The van der Waals surface area contributed by atoms with E-state index in [-0.39, 0.29) is 5.91 Å². The fourth-order valence-corrected chi connectivity index (χ4v) is 2.48. The van der Waals surface area contributed by atoms with Crippen molar-refractivity contribution in [3.63, 3.8) is 0 Å². The molecule has 0 aliphatic rings. The minimum Gasteiger partial charge on any atom is -0.486 e. The number of carbonyl (C=O) groups is 1. The second-order valence-electron chi connectivity index (χ2n) is 5.19. The molecule has 1 heterocycles. The molecule has 0 fully saturated rings. The Morgan fingerprint density at radius 1 is 1.43 bits per heavy atom. The number of aromatic nitrogens is 1. The van der Waals surface area contributed by atoms with Crippen LogP contribution in [0.1, 0.15) is 21.8 Å². The Kier molecular flexibility index (Phi) is 6.18. The zero-order valence-electron chi connectivity index (χ0n) is 13.4. The molecule has 1 aromatic carbocycles. The lowest BCUT2D eigenvalue weighted by Gasteiger charge is -2.17. The van der Waals surface area contributed by atoms with Crippen molar-refractivity contribution in [3.8, 4) is 5.75 Å². The van der Waals surface area contributed by atoms with E-state index in [1.54, 1.807) is 30.1 Å². The van der Waals surface area contributed by atoms with E-state index in [0.717, 1.165) is 22.5 Å². The second kappa shape index (κ2) is 8.12. The Morgan fingerprint density at radius 2 is 2.22 bits per heavy atom. The van der Waals surface area contributed by atoms with Gasteiger partial charge in [-0.1, -0.05) is 5.16 Å². The Balaban J connectivity index is 2.00. The Bertz CT molecular complexity index is 672. The van der Waals surface area contributed by atoms with Gasteiger partial charge in [0.05, 0.1) is 4.47 Å². The minimum atomic E-state index is -0.0281. The van der Waals surface area contributed by atoms with Gasteiger partial charge in [-0.25, -0.2) is 0 Å². The molecule has 2 rings (SSSR count). The molecule has 0 unspecified atom stereocenters. The van der Waals surface area contributed by atoms with Gasteiger partial charge in [-0.2, -0.15) is 0 Å². The van der Waals surface area contributed by atoms with Gasteiger partial charge in [-0.05, 0) is 48.1 Å². The average molecular weight is 382 g/mol. The van der Waals surface area contributed by atoms with Crippen molar-refractivity contribution in [1.82, 2.24) is 15.4 Å². The van der Waals surface area contributed by atoms with Crippen LogP contribution in [0.25, 0.3) is 0 Å². The number of nitrogens with zero attached hydrogens (tertiary/aromatic N) is 2. The molecule has 1 amide bonds. The summed E-state index contributed by atoms with van der Waals surface area (Å²) in [7, 11) is 3.64. The van der Waals surface area contributed by atoms with Crippen molar-refractivity contribution >= 4 is 21.8 Å². The third-order valence-electron chi connectivity index (χ3n) is 3.28. The zero-order valence-corrected chi connectivity index (χ0v) is 15.0. The largest absolute Gasteiger partial charge is 0.486 e. The second-order valence-corrected chi connectivity index (χ2v) is 6.05. The number of nitrogens with one attached hydrogen (secondary N) is 1. The Labute approximate surface area is 143 Å². The van der Waals surface area contributed by atoms with Gasteiger partial charge >= 0.3 is 0 Å². The lowest BCUT2D eigenvalue weighted by Crippen LogP contribution is -2.32. The standard InChI is InChI=1S/C16H20BrN3O3/c1-11-8-13(19-23-11)10-22-15-5-4-12(9-14(15)17)16(21)20(3)7-6-18-2/h4-5,8-9,18H,6-7,10H2,1-3H3. The molecule has 0 aliphatic heterocycles. The molecule has 0 spiro atoms. The summed E-state index contributed by atoms with van der Waals surface area (Å²) in [4.78, 5) is 14.0. The number of hydrogen-bond acceptors (Lipinski definition) is 5. The summed E-state index contributed by atoms with van der Waals surface area (Å²) in [5.74, 6) is 1.37. The molecule has 124 valence electrons. The van der Waals surface area contributed by atoms with E-state index in [0.29, 0.717) is 24.5 Å². The molecule has 0 atom stereocenters. The SMILES string of the molecule is CNCCN(C)C(=O)c1ccc(OCc2cc(C)on2)c(Br)c1. The van der Waals surface area contributed by atoms with Gasteiger partial charge in [0, 0.05) is 31.8 Å². The molecule has 0 radical (unpaired) electrons. The van der Waals surface area contributed by atoms with Gasteiger partial charge in [0.2, 0.25) is 0 Å². The van der Waals surface area contributed by atoms with E-state index >= 15 is 0 Å². The summed E-state index contributed by atoms with van der Waals surface area (Å²) in [5, 5.41) is 6.90. The maximum atomic E-state index is 12.3. The van der Waals surface area contributed by atoms with E-state index in [1.807, 2.05) is 20.0 Å². The lowest BCUT2D eigenvalue weighted by atomic mass is 10.2. The van der Waals surface area contributed by atoms with Crippen LogP contribution in [0.4, 0.5) is 0 Å². The predicted molar refractivity (Wildman–Crippen MR) is 90.6 cm³/mol. The van der Waals surface area contributed by atoms with Crippen molar-refractivity contribution in [1.29, 1.82) is 0 Å². The molecule has 0 bridgehead atoms. The number of benzene rings is 1. The highest BCUT2D eigenvalue weighted by molar-refractivity contribution is 9.10. The van der Waals surface area contributed by atoms with Crippen LogP contribution >= 0.6 is 15.9 Å². The van der Waals surface area contributed by atoms with Crippen LogP contribution < -0.4 is 10.1 Å². The van der Waals surface area contributed by atoms with Crippen LogP contribution in [0.15, 0.2) is 33.3 Å². The van der Waals surface area contributed by atoms with E-state index in [2.05, 4.69) is 26.4 Å². The summed E-state index contributed by atoms with van der Waals surface area (Å²) in [6, 6.07) is 7.12. The van der Waals surface area contributed by atoms with Gasteiger partial charge in [0.15, 0.2) is 0 Å². The first-order chi connectivity index (χ1) is 11.0. The van der Waals surface area contributed by atoms with Crippen molar-refractivity contribution in [2.24, 2.45) is 0 Å². The predicted octanol–water partition coefficient (Wildman–Crippen LogP) is 2.62. The summed E-state index contributed by atoms with van der Waals surface area (Å²) >= 11 is 3.44. The number of hydrogen-bond donors (Lipinski definition) is 1. The van der Waals surface area contributed by atoms with Crippen LogP contribution in [-0.2, 0) is 6.61 Å². The lowest BCUT2D eigenvalue weighted by molar-refractivity contribution is 0.0796. The van der Waals surface area contributed by atoms with Gasteiger partial charge in [0.25, 0.3) is 5.91 Å². The number of amides is 1. The van der Waals surface area contributed by atoms with Crippen molar-refractivity contribution in [3.05, 3.63) is 45.8 Å². The highest BCUT2D eigenvalue weighted by Crippen LogP contribution is 2.27. The maximum Gasteiger partial charge on any atom is 0.253 e. The third-order valence-corrected chi connectivity index (χ3v) is 3.89. The fourth-order valence-electron chi connectivity index (χ4n) is 1.99. The maximum absolute atomic E-state index is 12.3. The zero-order chi connectivity index (χ0) is 16.8. The molecule has 23 heavy (non-hydrogen) atoms. The number of ether oxygens (including phenoxy) is 1. The van der Waals surface area contributed by atoms with E-state index in [1.165, 1.54) is 0 Å². The Morgan fingerprint density at radius 3 is 2.83 bits per heavy atom. The molecule has 0 saturated carbocycles. The molecule has 1 aromatic heterocycles. The molecule has 7 heteroatoms. The number of aryl methyl sites for hydroxylation is 1. The molecule has 2 aromatic rings. The first kappa shape index (κ1) is 17.5. The van der Waals surface area contributed by atoms with Crippen LogP contribution in [-0.4, -0.2) is 43.1 Å². The fraction of sp³-hybridized carbons (Fsp3) is 0.375.